The van der Waals surface area contributed by atoms with Crippen molar-refractivity contribution in [2.45, 2.75) is 19.9 Å². The van der Waals surface area contributed by atoms with Crippen LogP contribution in [-0.4, -0.2) is 44.8 Å². The summed E-state index contributed by atoms with van der Waals surface area (Å²) in [5, 5.41) is 3.17. The maximum absolute atomic E-state index is 13.4. The number of pyridine rings is 1. The van der Waals surface area contributed by atoms with Crippen molar-refractivity contribution >= 4 is 51.7 Å². The summed E-state index contributed by atoms with van der Waals surface area (Å²) in [6.45, 7) is 3.25. The molecule has 4 heterocycles. The molecule has 1 aliphatic rings. The van der Waals surface area contributed by atoms with Crippen molar-refractivity contribution in [3.8, 4) is 0 Å². The van der Waals surface area contributed by atoms with E-state index in [0.29, 0.717) is 52.6 Å². The molecule has 3 aromatic heterocycles. The summed E-state index contributed by atoms with van der Waals surface area (Å²) in [5.41, 5.74) is 1.45. The van der Waals surface area contributed by atoms with Gasteiger partial charge in [-0.3, -0.25) is 18.9 Å². The van der Waals surface area contributed by atoms with Gasteiger partial charge in [0, 0.05) is 26.5 Å². The molecule has 0 spiro atoms. The number of hydrogen-bond donors (Lipinski definition) is 1. The van der Waals surface area contributed by atoms with Gasteiger partial charge in [0.25, 0.3) is 11.5 Å². The monoisotopic (exact) mass is 470 g/mol. The van der Waals surface area contributed by atoms with Gasteiger partial charge in [-0.05, 0) is 43.2 Å². The number of furan rings is 1. The molecule has 166 valence electrons. The normalized spacial score (nSPS) is 15.3. The summed E-state index contributed by atoms with van der Waals surface area (Å²) in [7, 11) is 1.61. The van der Waals surface area contributed by atoms with Crippen molar-refractivity contribution < 1.29 is 13.9 Å². The number of thiocarbonyl (C=S) groups is 1. The highest BCUT2D eigenvalue weighted by Gasteiger charge is 2.32. The Morgan fingerprint density at radius 1 is 1.31 bits per heavy atom. The number of carbonyl (C=O) groups is 1. The number of thioether (sulfide) groups is 1. The van der Waals surface area contributed by atoms with E-state index in [2.05, 4.69) is 10.3 Å². The Hall–Kier alpha value is -2.95. The van der Waals surface area contributed by atoms with Crippen molar-refractivity contribution in [2.24, 2.45) is 0 Å². The van der Waals surface area contributed by atoms with E-state index in [1.54, 1.807) is 37.8 Å². The summed E-state index contributed by atoms with van der Waals surface area (Å²) in [4.78, 5) is 32.9. The first-order valence-electron chi connectivity index (χ1n) is 10.0. The molecule has 1 saturated heterocycles. The third kappa shape index (κ3) is 4.62. The van der Waals surface area contributed by atoms with Crippen molar-refractivity contribution in [3.63, 3.8) is 0 Å². The van der Waals surface area contributed by atoms with Crippen LogP contribution >= 0.6 is 24.0 Å². The third-order valence-electron chi connectivity index (χ3n) is 4.89. The van der Waals surface area contributed by atoms with Gasteiger partial charge in [-0.1, -0.05) is 30.0 Å². The van der Waals surface area contributed by atoms with Gasteiger partial charge in [0.15, 0.2) is 0 Å². The number of fused-ring (bicyclic) bond motifs is 1. The molecule has 0 aliphatic carbocycles. The Labute approximate surface area is 194 Å². The SMILES string of the molecule is COCCCN1C(=O)C(=Cc2c(NCc3ccco3)nc3ccc(C)cn3c2=O)SC1=S. The van der Waals surface area contributed by atoms with Crippen LogP contribution < -0.4 is 10.9 Å². The molecular formula is C22H22N4O4S2. The fourth-order valence-electron chi connectivity index (χ4n) is 3.30. The number of aryl methyl sites for hydroxylation is 1. The second kappa shape index (κ2) is 9.68. The molecule has 10 heteroatoms. The van der Waals surface area contributed by atoms with Crippen LogP contribution in [0.4, 0.5) is 5.82 Å². The highest BCUT2D eigenvalue weighted by molar-refractivity contribution is 8.26. The van der Waals surface area contributed by atoms with Crippen LogP contribution in [-0.2, 0) is 16.1 Å². The first-order chi connectivity index (χ1) is 15.5. The summed E-state index contributed by atoms with van der Waals surface area (Å²) < 4.78 is 12.4. The lowest BCUT2D eigenvalue weighted by Gasteiger charge is -2.13. The average Bonchev–Trinajstić information content (AvgIpc) is 3.38. The molecule has 0 unspecified atom stereocenters. The van der Waals surface area contributed by atoms with Crippen LogP contribution in [0.25, 0.3) is 11.7 Å². The number of ether oxygens (including phenoxy) is 1. The predicted molar refractivity (Wildman–Crippen MR) is 129 cm³/mol. The predicted octanol–water partition coefficient (Wildman–Crippen LogP) is 3.45. The molecule has 0 aromatic carbocycles. The molecule has 8 nitrogen and oxygen atoms in total. The second-order valence-corrected chi connectivity index (χ2v) is 8.90. The minimum Gasteiger partial charge on any atom is -0.467 e. The molecule has 32 heavy (non-hydrogen) atoms. The largest absolute Gasteiger partial charge is 0.467 e. The van der Waals surface area contributed by atoms with E-state index in [0.717, 1.165) is 5.56 Å². The Morgan fingerprint density at radius 2 is 2.16 bits per heavy atom. The van der Waals surface area contributed by atoms with Gasteiger partial charge in [-0.2, -0.15) is 0 Å². The maximum atomic E-state index is 13.4. The summed E-state index contributed by atoms with van der Waals surface area (Å²) >= 11 is 6.57. The quantitative estimate of drug-likeness (QED) is 0.304. The minimum atomic E-state index is -0.273. The Kier molecular flexibility index (Phi) is 6.73. The fraction of sp³-hybridized carbons (Fsp3) is 0.273. The van der Waals surface area contributed by atoms with Gasteiger partial charge in [-0.25, -0.2) is 4.98 Å². The van der Waals surface area contributed by atoms with Gasteiger partial charge < -0.3 is 14.5 Å². The van der Waals surface area contributed by atoms with E-state index in [9.17, 15) is 9.59 Å². The highest BCUT2D eigenvalue weighted by atomic mass is 32.2. The fourth-order valence-corrected chi connectivity index (χ4v) is 4.59. The van der Waals surface area contributed by atoms with Crippen LogP contribution in [0, 0.1) is 6.92 Å². The zero-order valence-electron chi connectivity index (χ0n) is 17.7. The zero-order valence-corrected chi connectivity index (χ0v) is 19.3. The molecule has 0 bridgehead atoms. The number of amides is 1. The number of anilines is 1. The van der Waals surface area contributed by atoms with Gasteiger partial charge in [0.1, 0.15) is 21.5 Å². The first kappa shape index (κ1) is 22.3. The van der Waals surface area contributed by atoms with Crippen molar-refractivity contribution in [3.05, 3.63) is 68.9 Å². The minimum absolute atomic E-state index is 0.221. The lowest BCUT2D eigenvalue weighted by molar-refractivity contribution is -0.122. The van der Waals surface area contributed by atoms with Crippen molar-refractivity contribution in [2.75, 3.05) is 25.6 Å². The molecule has 0 saturated carbocycles. The molecule has 1 aliphatic heterocycles. The third-order valence-corrected chi connectivity index (χ3v) is 6.27. The molecule has 0 atom stereocenters. The number of hydrogen-bond acceptors (Lipinski definition) is 8. The van der Waals surface area contributed by atoms with Crippen LogP contribution in [0.15, 0.2) is 50.8 Å². The number of carbonyl (C=O) groups excluding carboxylic acids is 1. The van der Waals surface area contributed by atoms with Gasteiger partial charge in [0.05, 0.1) is 23.3 Å². The van der Waals surface area contributed by atoms with Gasteiger partial charge >= 0.3 is 0 Å². The number of nitrogens with one attached hydrogen (secondary N) is 1. The first-order valence-corrected chi connectivity index (χ1v) is 11.2. The van der Waals surface area contributed by atoms with E-state index in [-0.39, 0.29) is 17.0 Å². The Morgan fingerprint density at radius 3 is 2.91 bits per heavy atom. The molecule has 4 rings (SSSR count). The number of rotatable bonds is 8. The zero-order chi connectivity index (χ0) is 22.7. The van der Waals surface area contributed by atoms with E-state index in [4.69, 9.17) is 21.4 Å². The van der Waals surface area contributed by atoms with Crippen LogP contribution in [0.5, 0.6) is 0 Å². The molecule has 0 radical (unpaired) electrons. The summed E-state index contributed by atoms with van der Waals surface area (Å²) in [5.74, 6) is 0.855. The molecule has 1 amide bonds. The van der Waals surface area contributed by atoms with E-state index < -0.39 is 0 Å². The van der Waals surface area contributed by atoms with E-state index in [1.165, 1.54) is 21.1 Å². The van der Waals surface area contributed by atoms with Crippen LogP contribution in [0.1, 0.15) is 23.3 Å². The highest BCUT2D eigenvalue weighted by Crippen LogP contribution is 2.33. The summed E-state index contributed by atoms with van der Waals surface area (Å²) in [6, 6.07) is 7.30. The molecule has 3 aromatic rings. The number of aromatic nitrogens is 2. The number of nitrogens with zero attached hydrogens (tertiary/aromatic N) is 3. The molecular weight excluding hydrogens is 448 g/mol. The number of methoxy groups -OCH3 is 1. The van der Waals surface area contributed by atoms with Crippen LogP contribution in [0.3, 0.4) is 0 Å². The topological polar surface area (TPSA) is 89.1 Å². The van der Waals surface area contributed by atoms with Crippen molar-refractivity contribution in [1.82, 2.24) is 14.3 Å². The van der Waals surface area contributed by atoms with Gasteiger partial charge in [-0.15, -0.1) is 0 Å². The standard InChI is InChI=1S/C22H22N4O4S2/c1-14-6-7-18-24-19(23-12-15-5-3-10-30-15)16(20(27)26(18)13-14)11-17-21(28)25(22(31)32-17)8-4-9-29-2/h3,5-7,10-11,13,23H,4,8-9,12H2,1-2H3. The average molecular weight is 471 g/mol. The molecule has 1 fully saturated rings. The molecule has 1 N–H and O–H groups in total. The Balaban J connectivity index is 1.73. The van der Waals surface area contributed by atoms with E-state index in [1.807, 2.05) is 19.1 Å². The summed E-state index contributed by atoms with van der Waals surface area (Å²) in [6.07, 6.45) is 5.56. The Bertz CT molecular complexity index is 1250. The maximum Gasteiger partial charge on any atom is 0.267 e. The van der Waals surface area contributed by atoms with Gasteiger partial charge in [0.2, 0.25) is 0 Å². The lowest BCUT2D eigenvalue weighted by Crippen LogP contribution is -2.29. The van der Waals surface area contributed by atoms with E-state index >= 15 is 0 Å². The smallest absolute Gasteiger partial charge is 0.267 e. The van der Waals surface area contributed by atoms with Crippen LogP contribution in [0.2, 0.25) is 0 Å². The van der Waals surface area contributed by atoms with Crippen molar-refractivity contribution in [1.29, 1.82) is 0 Å². The lowest BCUT2D eigenvalue weighted by atomic mass is 10.2. The second-order valence-electron chi connectivity index (χ2n) is 7.23.